The number of Topliss-reactive ketones (excluding diaryl/α,β-unsaturated/α-hetero) is 1. The van der Waals surface area contributed by atoms with Crippen LogP contribution in [-0.4, -0.2) is 151 Å². The first-order valence-electron chi connectivity index (χ1n) is 22.0. The maximum absolute atomic E-state index is 12.1. The summed E-state index contributed by atoms with van der Waals surface area (Å²) in [6, 6.07) is -1.49. The van der Waals surface area contributed by atoms with Gasteiger partial charge in [-0.1, -0.05) is 53.4 Å². The molecule has 2 atom stereocenters. The Bertz CT molecular complexity index is 1750. The van der Waals surface area contributed by atoms with Gasteiger partial charge >= 0.3 is 35.8 Å². The number of ether oxygens (including phenoxy) is 8. The molecule has 0 aliphatic carbocycles. The van der Waals surface area contributed by atoms with E-state index in [2.05, 4.69) is 71.1 Å². The monoisotopic (exact) mass is 1060 g/mol. The van der Waals surface area contributed by atoms with Crippen molar-refractivity contribution in [3.63, 3.8) is 0 Å². The number of esters is 6. The van der Waals surface area contributed by atoms with Crippen LogP contribution < -0.4 is 5.32 Å². The number of nitrogens with one attached hydrogen (secondary N) is 1. The number of carbonyl (C=O) groups excluding carboxylic acids is 8. The van der Waals surface area contributed by atoms with Crippen molar-refractivity contribution < 1.29 is 88.9 Å². The lowest BCUT2D eigenvalue weighted by Gasteiger charge is -2.31. The SMILES string of the molecule is C.C#CCOC(=O)CCSCC(=O)OCC(CC)(COCCCC)COCCCS.C=CS(=O)(=O)OCC(COC(=O)C(=C)C)OC(=O)C(=C)C.CCOC(=O)C(NC(=O)CCC(C)=O)C(=O)OCC. The van der Waals surface area contributed by atoms with Crippen molar-refractivity contribution in [3.8, 4) is 12.3 Å². The van der Waals surface area contributed by atoms with Crippen LogP contribution in [0.3, 0.4) is 0 Å². The number of amides is 1. The fourth-order valence-corrected chi connectivity index (χ4v) is 5.54. The summed E-state index contributed by atoms with van der Waals surface area (Å²) in [4.78, 5) is 91.4. The molecule has 0 aliphatic heterocycles. The molecule has 0 aliphatic rings. The lowest BCUT2D eigenvalue weighted by molar-refractivity contribution is -0.159. The van der Waals surface area contributed by atoms with Crippen molar-refractivity contribution in [2.45, 2.75) is 113 Å². The Hall–Kier alpha value is -4.73. The third-order valence-corrected chi connectivity index (χ3v) is 10.4. The van der Waals surface area contributed by atoms with Crippen LogP contribution in [-0.2, 0) is 90.6 Å². The molecule has 70 heavy (non-hydrogen) atoms. The number of hydrogen-bond donors (Lipinski definition) is 2. The van der Waals surface area contributed by atoms with E-state index < -0.39 is 58.7 Å². The molecule has 0 bridgehead atoms. The van der Waals surface area contributed by atoms with Gasteiger partial charge in [0.25, 0.3) is 10.1 Å². The molecule has 1 amide bonds. The summed E-state index contributed by atoms with van der Waals surface area (Å²) in [6.45, 7) is 23.1. The normalized spacial score (nSPS) is 11.6. The maximum atomic E-state index is 12.1. The van der Waals surface area contributed by atoms with Crippen molar-refractivity contribution in [1.29, 1.82) is 0 Å². The first-order valence-corrected chi connectivity index (χ1v) is 25.2. The lowest BCUT2D eigenvalue weighted by Crippen LogP contribution is -2.48. The largest absolute Gasteiger partial charge is 0.464 e. The van der Waals surface area contributed by atoms with Gasteiger partial charge in [-0.2, -0.15) is 21.0 Å². The van der Waals surface area contributed by atoms with Gasteiger partial charge in [0.15, 0.2) is 12.7 Å². The minimum atomic E-state index is -3.93. The Balaban J connectivity index is -0.000000477. The van der Waals surface area contributed by atoms with Gasteiger partial charge in [0.2, 0.25) is 11.9 Å². The predicted octanol–water partition coefficient (Wildman–Crippen LogP) is 5.07. The maximum Gasteiger partial charge on any atom is 0.340 e. The average Bonchev–Trinajstić information content (AvgIpc) is 3.31. The van der Waals surface area contributed by atoms with E-state index in [0.717, 1.165) is 31.4 Å². The molecule has 0 radical (unpaired) electrons. The fraction of sp³-hybridized carbons (Fsp3) is 0.660. The average molecular weight is 1060 g/mol. The molecule has 0 aromatic rings. The number of thioether (sulfide) groups is 1. The smallest absolute Gasteiger partial charge is 0.340 e. The minimum Gasteiger partial charge on any atom is -0.464 e. The molecule has 2 unspecified atom stereocenters. The van der Waals surface area contributed by atoms with E-state index in [1.807, 2.05) is 0 Å². The molecule has 23 heteroatoms. The van der Waals surface area contributed by atoms with Crippen molar-refractivity contribution >= 4 is 82.0 Å². The Morgan fingerprint density at radius 1 is 0.771 bits per heavy atom. The standard InChI is InChI=1S/C21H36O6S2.C13H18O7S.C12H19NO6.CH4/c1-4-7-11-24-16-21(6-3,17-25-12-8-13-28)18-27-20(23)15-29-14-9-19(22)26-10-5-2;1-6-21(16,17)19-8-11(20-13(15)10(4)5)7-18-12(14)9(2)3;1-4-18-11(16)10(12(17)19-5-2)13-9(15)7-6-8(3)14;/h2,28H,4,6-18H2,1,3H3;6,11H,1-2,4,7-8H2,3,5H3;10H,4-7H2,1-3H3,(H,13,15);1H4. The van der Waals surface area contributed by atoms with E-state index in [1.54, 1.807) is 13.8 Å². The van der Waals surface area contributed by atoms with E-state index in [4.69, 9.17) is 34.8 Å². The molecule has 20 nitrogen and oxygen atoms in total. The van der Waals surface area contributed by atoms with Gasteiger partial charge in [0, 0.05) is 43.0 Å². The van der Waals surface area contributed by atoms with Gasteiger partial charge in [-0.15, -0.1) is 18.2 Å². The summed E-state index contributed by atoms with van der Waals surface area (Å²) in [7, 11) is -3.93. The second-order valence-corrected chi connectivity index (χ2v) is 17.7. The topological polar surface area (TPSA) is 266 Å². The zero-order chi connectivity index (χ0) is 53.3. The quantitative estimate of drug-likeness (QED) is 0.0121. The summed E-state index contributed by atoms with van der Waals surface area (Å²) < 4.78 is 67.8. The molecule has 0 saturated carbocycles. The number of thiol groups is 1. The van der Waals surface area contributed by atoms with Gasteiger partial charge in [-0.3, -0.25) is 18.6 Å². The van der Waals surface area contributed by atoms with E-state index >= 15 is 0 Å². The first kappa shape index (κ1) is 71.8. The Morgan fingerprint density at radius 3 is 1.81 bits per heavy atom. The highest BCUT2D eigenvalue weighted by Gasteiger charge is 2.32. The zero-order valence-corrected chi connectivity index (χ0v) is 43.6. The van der Waals surface area contributed by atoms with Gasteiger partial charge in [0.1, 0.15) is 25.6 Å². The van der Waals surface area contributed by atoms with E-state index in [1.165, 1.54) is 32.5 Å². The molecule has 0 aromatic carbocycles. The molecule has 0 saturated heterocycles. The summed E-state index contributed by atoms with van der Waals surface area (Å²) in [6.07, 6.45) is 7.81. The molecule has 0 heterocycles. The van der Waals surface area contributed by atoms with Crippen LogP contribution in [0.1, 0.15) is 101 Å². The third-order valence-electron chi connectivity index (χ3n) is 8.23. The molecule has 0 rings (SSSR count). The Kier molecular flexibility index (Phi) is 45.4. The highest BCUT2D eigenvalue weighted by Crippen LogP contribution is 2.25. The first-order chi connectivity index (χ1) is 32.5. The number of rotatable bonds is 36. The lowest BCUT2D eigenvalue weighted by atomic mass is 9.88. The van der Waals surface area contributed by atoms with E-state index in [9.17, 15) is 46.8 Å². The molecule has 402 valence electrons. The van der Waals surface area contributed by atoms with Gasteiger partial charge in [-0.05, 0) is 59.6 Å². The van der Waals surface area contributed by atoms with E-state index in [-0.39, 0.29) is 99.8 Å². The number of terminal acetylenes is 1. The summed E-state index contributed by atoms with van der Waals surface area (Å²) in [5, 5.41) is 2.80. The fourth-order valence-electron chi connectivity index (χ4n) is 4.27. The summed E-state index contributed by atoms with van der Waals surface area (Å²) in [5.41, 5.74) is -0.0959. The second kappa shape index (κ2) is 44.2. The van der Waals surface area contributed by atoms with Crippen LogP contribution >= 0.6 is 24.4 Å². The molecule has 0 aromatic heterocycles. The van der Waals surface area contributed by atoms with Crippen molar-refractivity contribution in [1.82, 2.24) is 5.32 Å². The second-order valence-electron chi connectivity index (χ2n) is 14.6. The highest BCUT2D eigenvalue weighted by atomic mass is 32.2. The molecule has 0 spiro atoms. The number of carbonyl (C=O) groups is 8. The van der Waals surface area contributed by atoms with Crippen LogP contribution in [0.5, 0.6) is 0 Å². The van der Waals surface area contributed by atoms with Crippen LogP contribution in [0.15, 0.2) is 36.3 Å². The minimum absolute atomic E-state index is 0. The summed E-state index contributed by atoms with van der Waals surface area (Å²) in [5.74, 6) is -0.954. The predicted molar refractivity (Wildman–Crippen MR) is 268 cm³/mol. The van der Waals surface area contributed by atoms with E-state index in [0.29, 0.717) is 37.6 Å². The zero-order valence-electron chi connectivity index (χ0n) is 41.1. The van der Waals surface area contributed by atoms with Crippen LogP contribution in [0.2, 0.25) is 0 Å². The highest BCUT2D eigenvalue weighted by molar-refractivity contribution is 7.99. The van der Waals surface area contributed by atoms with Crippen molar-refractivity contribution in [2.24, 2.45) is 5.41 Å². The van der Waals surface area contributed by atoms with Crippen LogP contribution in [0.4, 0.5) is 0 Å². The third kappa shape index (κ3) is 40.0. The summed E-state index contributed by atoms with van der Waals surface area (Å²) >= 11 is 5.52. The Labute approximate surface area is 424 Å². The van der Waals surface area contributed by atoms with Gasteiger partial charge < -0.3 is 48.0 Å². The van der Waals surface area contributed by atoms with Gasteiger partial charge in [0.05, 0.1) is 49.4 Å². The Morgan fingerprint density at radius 2 is 1.34 bits per heavy atom. The number of hydrogen-bond acceptors (Lipinski definition) is 21. The molecule has 0 fully saturated rings. The number of unbranched alkanes of at least 4 members (excludes halogenated alkanes) is 1. The van der Waals surface area contributed by atoms with Crippen molar-refractivity contribution in [3.05, 3.63) is 36.3 Å². The van der Waals surface area contributed by atoms with Crippen LogP contribution in [0.25, 0.3) is 0 Å². The van der Waals surface area contributed by atoms with Crippen molar-refractivity contribution in [2.75, 3.05) is 83.3 Å². The number of ketones is 1. The van der Waals surface area contributed by atoms with Gasteiger partial charge in [-0.25, -0.2) is 19.2 Å². The molecular formula is C47H77NO19S3. The molecular weight excluding hydrogens is 979 g/mol. The molecule has 1 N–H and O–H groups in total. The van der Waals surface area contributed by atoms with Crippen LogP contribution in [0, 0.1) is 17.8 Å².